The molecule has 1 aliphatic heterocycles. The van der Waals surface area contributed by atoms with Crippen molar-refractivity contribution < 1.29 is 14.7 Å². The van der Waals surface area contributed by atoms with Gasteiger partial charge in [-0.25, -0.2) is 0 Å². The van der Waals surface area contributed by atoms with Crippen LogP contribution in [0.3, 0.4) is 0 Å². The molecule has 0 aliphatic carbocycles. The number of carbonyl (C=O) groups excluding carboxylic acids is 2. The molecule has 0 spiro atoms. The van der Waals surface area contributed by atoms with Gasteiger partial charge in [-0.05, 0) is 12.8 Å². The van der Waals surface area contributed by atoms with Gasteiger partial charge in [-0.15, -0.1) is 11.3 Å². The second-order valence-electron chi connectivity index (χ2n) is 5.10. The summed E-state index contributed by atoms with van der Waals surface area (Å²) in [7, 11) is 1.55. The third-order valence-corrected chi connectivity index (χ3v) is 5.01. The number of nitrogens with zero attached hydrogens (tertiary/aromatic N) is 1. The number of piperidine rings is 1. The summed E-state index contributed by atoms with van der Waals surface area (Å²) < 4.78 is 0. The smallest absolute Gasteiger partial charge is 0.256 e. The first kappa shape index (κ1) is 15.8. The normalized spacial score (nSPS) is 16.0. The number of rotatable bonds is 4. The van der Waals surface area contributed by atoms with Crippen molar-refractivity contribution in [1.29, 1.82) is 0 Å². The fourth-order valence-electron chi connectivity index (χ4n) is 2.44. The van der Waals surface area contributed by atoms with Crippen molar-refractivity contribution in [2.24, 2.45) is 0 Å². The number of nitrogens with one attached hydrogen (secondary N) is 1. The number of amides is 1. The number of anilines is 2. The Kier molecular flexibility index (Phi) is 4.84. The van der Waals surface area contributed by atoms with E-state index in [9.17, 15) is 14.7 Å². The molecule has 1 aromatic heterocycles. The molecule has 2 heterocycles. The molecule has 4 N–H and O–H groups in total. The van der Waals surface area contributed by atoms with Crippen molar-refractivity contribution in [3.05, 3.63) is 10.4 Å². The Morgan fingerprint density at radius 1 is 1.43 bits per heavy atom. The van der Waals surface area contributed by atoms with Crippen molar-refractivity contribution in [3.63, 3.8) is 0 Å². The molecule has 0 bridgehead atoms. The standard InChI is InChI=1S/C14H21N3O3S/c1-3-9(19)12-11(15)10(13(20)16-2)14(21-12)17-6-4-8(18)5-7-17/h8,18H,3-7,15H2,1-2H3,(H,16,20). The Morgan fingerprint density at radius 3 is 2.57 bits per heavy atom. The van der Waals surface area contributed by atoms with Crippen molar-refractivity contribution in [2.45, 2.75) is 32.3 Å². The van der Waals surface area contributed by atoms with E-state index in [1.54, 1.807) is 14.0 Å². The highest BCUT2D eigenvalue weighted by Gasteiger charge is 2.29. The number of aliphatic hydroxyl groups excluding tert-OH is 1. The molecule has 7 heteroatoms. The summed E-state index contributed by atoms with van der Waals surface area (Å²) in [4.78, 5) is 26.6. The van der Waals surface area contributed by atoms with Gasteiger partial charge in [0.15, 0.2) is 5.78 Å². The molecule has 2 rings (SSSR count). The average molecular weight is 311 g/mol. The third-order valence-electron chi connectivity index (χ3n) is 3.71. The van der Waals surface area contributed by atoms with Crippen LogP contribution in [0.25, 0.3) is 0 Å². The van der Waals surface area contributed by atoms with E-state index in [0.29, 0.717) is 42.8 Å². The van der Waals surface area contributed by atoms with Crippen LogP contribution in [0.5, 0.6) is 0 Å². The van der Waals surface area contributed by atoms with Crippen LogP contribution >= 0.6 is 11.3 Å². The van der Waals surface area contributed by atoms with Crippen LogP contribution in [0.15, 0.2) is 0 Å². The topological polar surface area (TPSA) is 95.7 Å². The minimum Gasteiger partial charge on any atom is -0.397 e. The molecule has 0 unspecified atom stereocenters. The predicted molar refractivity (Wildman–Crippen MR) is 84.2 cm³/mol. The van der Waals surface area contributed by atoms with Gasteiger partial charge in [0.2, 0.25) is 0 Å². The maximum absolute atomic E-state index is 12.1. The fourth-order valence-corrected chi connectivity index (χ4v) is 3.72. The molecule has 21 heavy (non-hydrogen) atoms. The first-order valence-electron chi connectivity index (χ1n) is 7.10. The molecule has 6 nitrogen and oxygen atoms in total. The Balaban J connectivity index is 2.43. The lowest BCUT2D eigenvalue weighted by molar-refractivity contribution is 0.0964. The number of ketones is 1. The maximum atomic E-state index is 12.1. The highest BCUT2D eigenvalue weighted by molar-refractivity contribution is 7.19. The molecule has 1 aromatic rings. The number of Topliss-reactive ketones (excluding diaryl/α,β-unsaturated/α-hetero) is 1. The summed E-state index contributed by atoms with van der Waals surface area (Å²) in [5.74, 6) is -0.328. The molecule has 1 amide bonds. The summed E-state index contributed by atoms with van der Waals surface area (Å²) >= 11 is 1.28. The molecular weight excluding hydrogens is 290 g/mol. The molecule has 0 atom stereocenters. The fraction of sp³-hybridized carbons (Fsp3) is 0.571. The van der Waals surface area contributed by atoms with Gasteiger partial charge >= 0.3 is 0 Å². The second kappa shape index (κ2) is 6.44. The van der Waals surface area contributed by atoms with Crippen LogP contribution in [0.2, 0.25) is 0 Å². The largest absolute Gasteiger partial charge is 0.397 e. The number of aliphatic hydroxyl groups is 1. The Labute approximate surface area is 127 Å². The van der Waals surface area contributed by atoms with Crippen molar-refractivity contribution in [1.82, 2.24) is 5.32 Å². The molecule has 0 radical (unpaired) electrons. The van der Waals surface area contributed by atoms with Crippen molar-refractivity contribution in [3.8, 4) is 0 Å². The number of carbonyl (C=O) groups is 2. The molecule has 116 valence electrons. The average Bonchev–Trinajstić information content (AvgIpc) is 2.84. The lowest BCUT2D eigenvalue weighted by atomic mass is 10.1. The third kappa shape index (κ3) is 3.03. The van der Waals surface area contributed by atoms with E-state index in [4.69, 9.17) is 5.73 Å². The highest BCUT2D eigenvalue weighted by atomic mass is 32.1. The zero-order valence-corrected chi connectivity index (χ0v) is 13.1. The number of nitrogens with two attached hydrogens (primary N) is 1. The highest BCUT2D eigenvalue weighted by Crippen LogP contribution is 2.40. The Bertz CT molecular complexity index is 548. The summed E-state index contributed by atoms with van der Waals surface area (Å²) in [6, 6.07) is 0. The van der Waals surface area contributed by atoms with Crippen LogP contribution in [0, 0.1) is 0 Å². The van der Waals surface area contributed by atoms with Gasteiger partial charge in [0, 0.05) is 26.6 Å². The first-order valence-corrected chi connectivity index (χ1v) is 7.91. The molecule has 1 fully saturated rings. The molecular formula is C14H21N3O3S. The maximum Gasteiger partial charge on any atom is 0.256 e. The number of nitrogen functional groups attached to an aromatic ring is 1. The molecule has 0 saturated carbocycles. The number of hydrogen-bond acceptors (Lipinski definition) is 6. The van der Waals surface area contributed by atoms with Crippen LogP contribution in [-0.4, -0.2) is 43.0 Å². The summed E-state index contributed by atoms with van der Waals surface area (Å²) in [5, 5.41) is 12.9. The molecule has 0 aromatic carbocycles. The minimum atomic E-state index is -0.293. The van der Waals surface area contributed by atoms with E-state index in [1.165, 1.54) is 11.3 Å². The monoisotopic (exact) mass is 311 g/mol. The molecule has 1 aliphatic rings. The lowest BCUT2D eigenvalue weighted by Gasteiger charge is -2.30. The van der Waals surface area contributed by atoms with Gasteiger partial charge in [-0.2, -0.15) is 0 Å². The van der Waals surface area contributed by atoms with Gasteiger partial charge in [-0.1, -0.05) is 6.92 Å². The van der Waals surface area contributed by atoms with E-state index < -0.39 is 0 Å². The minimum absolute atomic E-state index is 0.0500. The van der Waals surface area contributed by atoms with Gasteiger partial charge < -0.3 is 21.1 Å². The van der Waals surface area contributed by atoms with E-state index >= 15 is 0 Å². The van der Waals surface area contributed by atoms with E-state index in [2.05, 4.69) is 5.32 Å². The summed E-state index contributed by atoms with van der Waals surface area (Å²) in [5.41, 5.74) is 6.70. The van der Waals surface area contributed by atoms with Gasteiger partial charge in [0.1, 0.15) is 5.00 Å². The lowest BCUT2D eigenvalue weighted by Crippen LogP contribution is -2.36. The summed E-state index contributed by atoms with van der Waals surface area (Å²) in [6.07, 6.45) is 1.37. The van der Waals surface area contributed by atoms with E-state index in [0.717, 1.165) is 5.00 Å². The SMILES string of the molecule is CCC(=O)c1sc(N2CCC(O)CC2)c(C(=O)NC)c1N. The van der Waals surface area contributed by atoms with Crippen LogP contribution in [-0.2, 0) is 0 Å². The van der Waals surface area contributed by atoms with Crippen LogP contribution in [0.4, 0.5) is 10.7 Å². The van der Waals surface area contributed by atoms with Crippen molar-refractivity contribution >= 4 is 33.7 Å². The molecule has 1 saturated heterocycles. The van der Waals surface area contributed by atoms with Gasteiger partial charge in [-0.3, -0.25) is 9.59 Å². The van der Waals surface area contributed by atoms with E-state index in [-0.39, 0.29) is 23.5 Å². The Morgan fingerprint density at radius 2 is 2.05 bits per heavy atom. The zero-order chi connectivity index (χ0) is 15.6. The van der Waals surface area contributed by atoms with Gasteiger partial charge in [0.25, 0.3) is 5.91 Å². The van der Waals surface area contributed by atoms with Gasteiger partial charge in [0.05, 0.1) is 22.2 Å². The van der Waals surface area contributed by atoms with Crippen molar-refractivity contribution in [2.75, 3.05) is 30.8 Å². The van der Waals surface area contributed by atoms with Crippen LogP contribution < -0.4 is 16.0 Å². The van der Waals surface area contributed by atoms with E-state index in [1.807, 2.05) is 4.90 Å². The first-order chi connectivity index (χ1) is 9.99. The summed E-state index contributed by atoms with van der Waals surface area (Å²) in [6.45, 7) is 3.09. The predicted octanol–water partition coefficient (Wildman–Crippen LogP) is 1.24. The number of thiophene rings is 1. The zero-order valence-electron chi connectivity index (χ0n) is 12.3. The number of hydrogen-bond donors (Lipinski definition) is 3. The Hall–Kier alpha value is -1.60. The second-order valence-corrected chi connectivity index (χ2v) is 6.10. The van der Waals surface area contributed by atoms with Crippen LogP contribution in [0.1, 0.15) is 46.2 Å². The quantitative estimate of drug-likeness (QED) is 0.727.